The number of rotatable bonds is 4. The molecule has 0 bridgehead atoms. The van der Waals surface area contributed by atoms with Gasteiger partial charge in [-0.2, -0.15) is 0 Å². The summed E-state index contributed by atoms with van der Waals surface area (Å²) in [7, 11) is 1.72. The number of fused-ring (bicyclic) bond motifs is 1. The first-order valence-corrected chi connectivity index (χ1v) is 7.02. The molecule has 0 aliphatic heterocycles. The number of unbranched alkanes of at least 4 members (excludes halogenated alkanes) is 1. The molecule has 21 heavy (non-hydrogen) atoms. The number of hydrogen-bond acceptors (Lipinski definition) is 2. The van der Waals surface area contributed by atoms with Crippen LogP contribution in [0.2, 0.25) is 0 Å². The third-order valence-corrected chi connectivity index (χ3v) is 3.53. The van der Waals surface area contributed by atoms with Crippen LogP contribution >= 0.6 is 0 Å². The maximum absolute atomic E-state index is 13.5. The molecule has 0 fully saturated rings. The Morgan fingerprint density at radius 3 is 2.67 bits per heavy atom. The minimum atomic E-state index is -0.422. The summed E-state index contributed by atoms with van der Waals surface area (Å²) in [5.74, 6) is -0.824. The maximum Gasteiger partial charge on any atom is 0.255 e. The number of carbonyl (C=O) groups is 2. The van der Waals surface area contributed by atoms with Crippen LogP contribution in [0.25, 0.3) is 10.9 Å². The second kappa shape index (κ2) is 6.08. The van der Waals surface area contributed by atoms with E-state index in [2.05, 4.69) is 6.92 Å². The molecule has 0 saturated carbocycles. The smallest absolute Gasteiger partial charge is 0.255 e. The Hall–Kier alpha value is -2.17. The van der Waals surface area contributed by atoms with Gasteiger partial charge in [-0.3, -0.25) is 14.2 Å². The number of carbonyl (C=O) groups excluding carboxylic acids is 2. The molecule has 2 rings (SSSR count). The van der Waals surface area contributed by atoms with Gasteiger partial charge >= 0.3 is 0 Å². The molecule has 1 aromatic heterocycles. The SMILES string of the molecule is CCCCN(C)C(=O)c1cn(C(C)=O)c2ccc(F)cc12. The van der Waals surface area contributed by atoms with E-state index in [1.165, 1.54) is 35.9 Å². The highest BCUT2D eigenvalue weighted by atomic mass is 19.1. The van der Waals surface area contributed by atoms with E-state index in [1.54, 1.807) is 11.9 Å². The number of halogens is 1. The van der Waals surface area contributed by atoms with Crippen molar-refractivity contribution in [3.8, 4) is 0 Å². The molecule has 0 unspecified atom stereocenters. The molecule has 0 radical (unpaired) electrons. The first-order chi connectivity index (χ1) is 9.95. The van der Waals surface area contributed by atoms with Crippen LogP contribution in [-0.2, 0) is 0 Å². The fourth-order valence-electron chi connectivity index (χ4n) is 2.34. The van der Waals surface area contributed by atoms with E-state index >= 15 is 0 Å². The fourth-order valence-corrected chi connectivity index (χ4v) is 2.34. The van der Waals surface area contributed by atoms with E-state index in [4.69, 9.17) is 0 Å². The van der Waals surface area contributed by atoms with Gasteiger partial charge in [0, 0.05) is 32.1 Å². The van der Waals surface area contributed by atoms with Crippen LogP contribution in [0.3, 0.4) is 0 Å². The third-order valence-electron chi connectivity index (χ3n) is 3.53. The van der Waals surface area contributed by atoms with Gasteiger partial charge in [0.15, 0.2) is 0 Å². The molecule has 112 valence electrons. The van der Waals surface area contributed by atoms with Gasteiger partial charge in [-0.1, -0.05) is 13.3 Å². The average Bonchev–Trinajstić information content (AvgIpc) is 2.82. The molecule has 1 heterocycles. The molecule has 0 spiro atoms. The van der Waals surface area contributed by atoms with E-state index < -0.39 is 5.82 Å². The lowest BCUT2D eigenvalue weighted by Crippen LogP contribution is -2.27. The summed E-state index contributed by atoms with van der Waals surface area (Å²) < 4.78 is 14.9. The van der Waals surface area contributed by atoms with Gasteiger partial charge in [0.2, 0.25) is 5.91 Å². The van der Waals surface area contributed by atoms with Crippen molar-refractivity contribution in [2.24, 2.45) is 0 Å². The fraction of sp³-hybridized carbons (Fsp3) is 0.375. The first-order valence-electron chi connectivity index (χ1n) is 7.02. The molecular weight excluding hydrogens is 271 g/mol. The maximum atomic E-state index is 13.5. The van der Waals surface area contributed by atoms with Crippen molar-refractivity contribution in [1.82, 2.24) is 9.47 Å². The highest BCUT2D eigenvalue weighted by Gasteiger charge is 2.19. The predicted molar refractivity (Wildman–Crippen MR) is 80.1 cm³/mol. The van der Waals surface area contributed by atoms with E-state index in [0.717, 1.165) is 12.8 Å². The second-order valence-electron chi connectivity index (χ2n) is 5.17. The monoisotopic (exact) mass is 290 g/mol. The third kappa shape index (κ3) is 2.96. The van der Waals surface area contributed by atoms with Crippen LogP contribution in [0, 0.1) is 5.82 Å². The lowest BCUT2D eigenvalue weighted by Gasteiger charge is -2.16. The molecule has 4 nitrogen and oxygen atoms in total. The molecule has 0 aliphatic rings. The Bertz CT molecular complexity index is 691. The van der Waals surface area contributed by atoms with E-state index in [0.29, 0.717) is 23.0 Å². The van der Waals surface area contributed by atoms with Crippen molar-refractivity contribution in [3.05, 3.63) is 35.8 Å². The predicted octanol–water partition coefficient (Wildman–Crippen LogP) is 3.31. The molecule has 0 aliphatic carbocycles. The summed E-state index contributed by atoms with van der Waals surface area (Å²) >= 11 is 0. The molecule has 2 aromatic rings. The Labute approximate surface area is 123 Å². The van der Waals surface area contributed by atoms with E-state index in [-0.39, 0.29) is 11.8 Å². The topological polar surface area (TPSA) is 42.3 Å². The van der Waals surface area contributed by atoms with Gasteiger partial charge in [0.25, 0.3) is 5.91 Å². The van der Waals surface area contributed by atoms with Gasteiger partial charge in [0.1, 0.15) is 5.82 Å². The van der Waals surface area contributed by atoms with Gasteiger partial charge in [-0.15, -0.1) is 0 Å². The highest BCUT2D eigenvalue weighted by molar-refractivity contribution is 6.09. The van der Waals surface area contributed by atoms with Crippen LogP contribution in [0.15, 0.2) is 24.4 Å². The molecular formula is C16H19FN2O2. The molecule has 5 heteroatoms. The van der Waals surface area contributed by atoms with Crippen molar-refractivity contribution in [2.45, 2.75) is 26.7 Å². The molecule has 0 atom stereocenters. The number of benzene rings is 1. The van der Waals surface area contributed by atoms with Gasteiger partial charge < -0.3 is 4.90 Å². The number of amides is 1. The Balaban J connectivity index is 2.50. The summed E-state index contributed by atoms with van der Waals surface area (Å²) in [6.07, 6.45) is 3.39. The summed E-state index contributed by atoms with van der Waals surface area (Å²) in [5, 5.41) is 0.471. The Morgan fingerprint density at radius 2 is 2.05 bits per heavy atom. The Morgan fingerprint density at radius 1 is 1.33 bits per heavy atom. The van der Waals surface area contributed by atoms with Crippen LogP contribution < -0.4 is 0 Å². The quantitative estimate of drug-likeness (QED) is 0.867. The minimum absolute atomic E-state index is 0.195. The lowest BCUT2D eigenvalue weighted by molar-refractivity contribution is 0.0795. The second-order valence-corrected chi connectivity index (χ2v) is 5.17. The minimum Gasteiger partial charge on any atom is -0.342 e. The number of aromatic nitrogens is 1. The molecule has 1 amide bonds. The molecule has 0 saturated heterocycles. The zero-order valence-electron chi connectivity index (χ0n) is 12.5. The number of hydrogen-bond donors (Lipinski definition) is 0. The van der Waals surface area contributed by atoms with Crippen LogP contribution in [0.1, 0.15) is 41.8 Å². The van der Waals surface area contributed by atoms with Crippen LogP contribution in [0.5, 0.6) is 0 Å². The van der Waals surface area contributed by atoms with Gasteiger partial charge in [-0.05, 0) is 24.6 Å². The average molecular weight is 290 g/mol. The summed E-state index contributed by atoms with van der Waals surface area (Å²) in [6, 6.07) is 4.11. The van der Waals surface area contributed by atoms with Crippen molar-refractivity contribution in [3.63, 3.8) is 0 Å². The standard InChI is InChI=1S/C16H19FN2O2/c1-4-5-8-18(3)16(21)14-10-19(11(2)20)15-7-6-12(17)9-13(14)15/h6-7,9-10H,4-5,8H2,1-3H3. The van der Waals surface area contributed by atoms with Crippen LogP contribution in [0.4, 0.5) is 4.39 Å². The first kappa shape index (κ1) is 15.2. The summed E-state index contributed by atoms with van der Waals surface area (Å²) in [4.78, 5) is 25.8. The number of nitrogens with zero attached hydrogens (tertiary/aromatic N) is 2. The van der Waals surface area contributed by atoms with Crippen molar-refractivity contribution in [2.75, 3.05) is 13.6 Å². The summed E-state index contributed by atoms with van der Waals surface area (Å²) in [5.41, 5.74) is 0.912. The normalized spacial score (nSPS) is 10.9. The zero-order chi connectivity index (χ0) is 15.6. The van der Waals surface area contributed by atoms with Gasteiger partial charge in [-0.25, -0.2) is 4.39 Å². The van der Waals surface area contributed by atoms with E-state index in [1.807, 2.05) is 0 Å². The van der Waals surface area contributed by atoms with Crippen LogP contribution in [-0.4, -0.2) is 34.9 Å². The zero-order valence-corrected chi connectivity index (χ0v) is 12.5. The largest absolute Gasteiger partial charge is 0.342 e. The van der Waals surface area contributed by atoms with Crippen molar-refractivity contribution >= 4 is 22.7 Å². The van der Waals surface area contributed by atoms with Crippen molar-refractivity contribution in [1.29, 1.82) is 0 Å². The highest BCUT2D eigenvalue weighted by Crippen LogP contribution is 2.24. The van der Waals surface area contributed by atoms with Gasteiger partial charge in [0.05, 0.1) is 11.1 Å². The lowest BCUT2D eigenvalue weighted by atomic mass is 10.1. The van der Waals surface area contributed by atoms with Crippen molar-refractivity contribution < 1.29 is 14.0 Å². The van der Waals surface area contributed by atoms with E-state index in [9.17, 15) is 14.0 Å². The molecule has 1 aromatic carbocycles. The Kier molecular flexibility index (Phi) is 4.40. The molecule has 0 N–H and O–H groups in total. The summed E-state index contributed by atoms with van der Waals surface area (Å²) in [6.45, 7) is 4.10.